The highest BCUT2D eigenvalue weighted by atomic mass is 79.9. The molecule has 1 unspecified atom stereocenters. The molecule has 2 rings (SSSR count). The lowest BCUT2D eigenvalue weighted by atomic mass is 9.96. The van der Waals surface area contributed by atoms with Gasteiger partial charge in [0.05, 0.1) is 0 Å². The zero-order valence-corrected chi connectivity index (χ0v) is 13.6. The Morgan fingerprint density at radius 1 is 1.26 bits per heavy atom. The van der Waals surface area contributed by atoms with Crippen molar-refractivity contribution in [2.24, 2.45) is 5.92 Å². The van der Waals surface area contributed by atoms with Crippen LogP contribution in [0.5, 0.6) is 0 Å². The SMILES string of the molecule is CCC(NCC1CCN(C)CC1)c1ccc(Br)cc1. The summed E-state index contributed by atoms with van der Waals surface area (Å²) in [5.74, 6) is 0.848. The maximum Gasteiger partial charge on any atom is 0.0317 e. The maximum atomic E-state index is 3.76. The van der Waals surface area contributed by atoms with Gasteiger partial charge in [0.2, 0.25) is 0 Å². The van der Waals surface area contributed by atoms with Gasteiger partial charge in [0.1, 0.15) is 0 Å². The molecule has 2 nitrogen and oxygen atoms in total. The first-order valence-electron chi connectivity index (χ1n) is 7.36. The van der Waals surface area contributed by atoms with Gasteiger partial charge in [0.25, 0.3) is 0 Å². The van der Waals surface area contributed by atoms with Crippen molar-refractivity contribution < 1.29 is 0 Å². The lowest BCUT2D eigenvalue weighted by Gasteiger charge is -2.30. The van der Waals surface area contributed by atoms with E-state index in [-0.39, 0.29) is 0 Å². The molecule has 1 atom stereocenters. The fourth-order valence-corrected chi connectivity index (χ4v) is 3.03. The van der Waals surface area contributed by atoms with E-state index in [9.17, 15) is 0 Å². The Balaban J connectivity index is 1.84. The molecule has 1 aromatic carbocycles. The summed E-state index contributed by atoms with van der Waals surface area (Å²) in [6.07, 6.45) is 3.81. The van der Waals surface area contributed by atoms with Crippen molar-refractivity contribution in [3.8, 4) is 0 Å². The second kappa shape index (κ2) is 7.41. The van der Waals surface area contributed by atoms with Crippen LogP contribution >= 0.6 is 15.9 Å². The molecule has 19 heavy (non-hydrogen) atoms. The molecule has 0 bridgehead atoms. The summed E-state index contributed by atoms with van der Waals surface area (Å²) in [6.45, 7) is 5.92. The van der Waals surface area contributed by atoms with Gasteiger partial charge in [-0.1, -0.05) is 35.0 Å². The van der Waals surface area contributed by atoms with Gasteiger partial charge in [-0.25, -0.2) is 0 Å². The Bertz CT molecular complexity index is 369. The second-order valence-corrected chi connectivity index (χ2v) is 6.58. The van der Waals surface area contributed by atoms with Crippen molar-refractivity contribution in [3.63, 3.8) is 0 Å². The zero-order chi connectivity index (χ0) is 13.7. The number of likely N-dealkylation sites (tertiary alicyclic amines) is 1. The normalized spacial score (nSPS) is 19.5. The highest BCUT2D eigenvalue weighted by molar-refractivity contribution is 9.10. The Hall–Kier alpha value is -0.380. The number of rotatable bonds is 5. The molecule has 0 spiro atoms. The number of piperidine rings is 1. The number of nitrogens with zero attached hydrogens (tertiary/aromatic N) is 1. The van der Waals surface area contributed by atoms with Gasteiger partial charge in [0.15, 0.2) is 0 Å². The summed E-state index contributed by atoms with van der Waals surface area (Å²) >= 11 is 3.50. The topological polar surface area (TPSA) is 15.3 Å². The highest BCUT2D eigenvalue weighted by Crippen LogP contribution is 2.21. The van der Waals surface area contributed by atoms with Gasteiger partial charge in [-0.15, -0.1) is 0 Å². The van der Waals surface area contributed by atoms with E-state index in [1.165, 1.54) is 31.5 Å². The van der Waals surface area contributed by atoms with Gasteiger partial charge in [-0.05, 0) is 69.6 Å². The molecule has 0 aliphatic carbocycles. The molecule has 0 aromatic heterocycles. The van der Waals surface area contributed by atoms with Crippen LogP contribution in [0.25, 0.3) is 0 Å². The number of benzene rings is 1. The summed E-state index contributed by atoms with van der Waals surface area (Å²) in [4.78, 5) is 2.43. The minimum absolute atomic E-state index is 0.493. The standard InChI is InChI=1S/C16H25BrN2/c1-3-16(14-4-6-15(17)7-5-14)18-12-13-8-10-19(2)11-9-13/h4-7,13,16,18H,3,8-12H2,1-2H3. The number of halogens is 1. The van der Waals surface area contributed by atoms with Gasteiger partial charge in [0, 0.05) is 10.5 Å². The van der Waals surface area contributed by atoms with E-state index in [0.29, 0.717) is 6.04 Å². The van der Waals surface area contributed by atoms with Crippen LogP contribution in [0.1, 0.15) is 37.8 Å². The Kier molecular flexibility index (Phi) is 5.86. The molecule has 1 aromatic rings. The van der Waals surface area contributed by atoms with Crippen LogP contribution < -0.4 is 5.32 Å². The highest BCUT2D eigenvalue weighted by Gasteiger charge is 2.18. The fourth-order valence-electron chi connectivity index (χ4n) is 2.77. The predicted molar refractivity (Wildman–Crippen MR) is 85.4 cm³/mol. The van der Waals surface area contributed by atoms with E-state index < -0.39 is 0 Å². The van der Waals surface area contributed by atoms with Crippen molar-refractivity contribution in [1.29, 1.82) is 0 Å². The fraction of sp³-hybridized carbons (Fsp3) is 0.625. The molecule has 106 valence electrons. The van der Waals surface area contributed by atoms with E-state index in [1.807, 2.05) is 0 Å². The van der Waals surface area contributed by atoms with Crippen LogP contribution in [0, 0.1) is 5.92 Å². The van der Waals surface area contributed by atoms with Gasteiger partial charge < -0.3 is 10.2 Å². The molecule has 1 aliphatic heterocycles. The first-order valence-corrected chi connectivity index (χ1v) is 8.15. The predicted octanol–water partition coefficient (Wildman–Crippen LogP) is 3.83. The average Bonchev–Trinajstić information content (AvgIpc) is 2.43. The van der Waals surface area contributed by atoms with Crippen molar-refractivity contribution in [3.05, 3.63) is 34.3 Å². The average molecular weight is 325 g/mol. The lowest BCUT2D eigenvalue weighted by molar-refractivity contribution is 0.212. The summed E-state index contributed by atoms with van der Waals surface area (Å²) in [7, 11) is 2.22. The van der Waals surface area contributed by atoms with E-state index in [1.54, 1.807) is 0 Å². The van der Waals surface area contributed by atoms with Crippen LogP contribution in [0.3, 0.4) is 0 Å². The molecular weight excluding hydrogens is 300 g/mol. The molecule has 0 saturated carbocycles. The third kappa shape index (κ3) is 4.59. The molecule has 1 saturated heterocycles. The van der Waals surface area contributed by atoms with Crippen LogP contribution in [-0.4, -0.2) is 31.6 Å². The second-order valence-electron chi connectivity index (χ2n) is 5.67. The number of nitrogens with one attached hydrogen (secondary N) is 1. The lowest BCUT2D eigenvalue weighted by Crippen LogP contribution is -2.36. The minimum atomic E-state index is 0.493. The van der Waals surface area contributed by atoms with Crippen LogP contribution in [0.2, 0.25) is 0 Å². The maximum absolute atomic E-state index is 3.76. The Morgan fingerprint density at radius 2 is 1.89 bits per heavy atom. The van der Waals surface area contributed by atoms with Gasteiger partial charge in [-0.2, -0.15) is 0 Å². The number of hydrogen-bond donors (Lipinski definition) is 1. The molecule has 1 heterocycles. The smallest absolute Gasteiger partial charge is 0.0317 e. The molecule has 1 N–H and O–H groups in total. The Morgan fingerprint density at radius 3 is 2.47 bits per heavy atom. The van der Waals surface area contributed by atoms with E-state index >= 15 is 0 Å². The third-order valence-corrected chi connectivity index (χ3v) is 4.70. The van der Waals surface area contributed by atoms with Gasteiger partial charge in [-0.3, -0.25) is 0 Å². The zero-order valence-electron chi connectivity index (χ0n) is 12.0. The quantitative estimate of drug-likeness (QED) is 0.885. The van der Waals surface area contributed by atoms with Crippen LogP contribution in [-0.2, 0) is 0 Å². The van der Waals surface area contributed by atoms with Crippen molar-refractivity contribution >= 4 is 15.9 Å². The van der Waals surface area contributed by atoms with E-state index in [2.05, 4.69) is 64.4 Å². The number of hydrogen-bond acceptors (Lipinski definition) is 2. The van der Waals surface area contributed by atoms with Crippen LogP contribution in [0.15, 0.2) is 28.7 Å². The summed E-state index contributed by atoms with van der Waals surface area (Å²) in [5.41, 5.74) is 1.40. The van der Waals surface area contributed by atoms with Crippen molar-refractivity contribution in [2.75, 3.05) is 26.7 Å². The monoisotopic (exact) mass is 324 g/mol. The third-order valence-electron chi connectivity index (χ3n) is 4.17. The Labute approximate surface area is 125 Å². The summed E-state index contributed by atoms with van der Waals surface area (Å²) < 4.78 is 1.15. The summed E-state index contributed by atoms with van der Waals surface area (Å²) in [6, 6.07) is 9.21. The van der Waals surface area contributed by atoms with E-state index in [0.717, 1.165) is 23.4 Å². The van der Waals surface area contributed by atoms with Gasteiger partial charge >= 0.3 is 0 Å². The summed E-state index contributed by atoms with van der Waals surface area (Å²) in [5, 5.41) is 3.76. The van der Waals surface area contributed by atoms with E-state index in [4.69, 9.17) is 0 Å². The largest absolute Gasteiger partial charge is 0.310 e. The first-order chi connectivity index (χ1) is 9.19. The molecule has 3 heteroatoms. The van der Waals surface area contributed by atoms with Crippen molar-refractivity contribution in [1.82, 2.24) is 10.2 Å². The molecule has 1 fully saturated rings. The molecule has 1 aliphatic rings. The van der Waals surface area contributed by atoms with Crippen LogP contribution in [0.4, 0.5) is 0 Å². The first kappa shape index (κ1) is 15.0. The molecule has 0 radical (unpaired) electrons. The van der Waals surface area contributed by atoms with Crippen molar-refractivity contribution in [2.45, 2.75) is 32.2 Å². The molecule has 0 amide bonds. The minimum Gasteiger partial charge on any atom is -0.310 e. The molecular formula is C16H25BrN2.